The Hall–Kier alpha value is -0.860. The zero-order valence-corrected chi connectivity index (χ0v) is 12.7. The van der Waals surface area contributed by atoms with Gasteiger partial charge in [0.1, 0.15) is 0 Å². The molecular formula is C17H27NO. The van der Waals surface area contributed by atoms with E-state index in [1.807, 2.05) is 0 Å². The summed E-state index contributed by atoms with van der Waals surface area (Å²) in [5.74, 6) is 0. The number of hydrogen-bond acceptors (Lipinski definition) is 2. The minimum atomic E-state index is -0.622. The molecule has 1 atom stereocenters. The number of benzene rings is 1. The van der Waals surface area contributed by atoms with E-state index in [0.717, 1.165) is 25.7 Å². The van der Waals surface area contributed by atoms with Gasteiger partial charge >= 0.3 is 0 Å². The average Bonchev–Trinajstić information content (AvgIpc) is 2.38. The van der Waals surface area contributed by atoms with Gasteiger partial charge in [-0.15, -0.1) is 0 Å². The molecule has 2 nitrogen and oxygen atoms in total. The molecule has 1 N–H and O–H groups in total. The number of nitrogens with zero attached hydrogens (tertiary/aromatic N) is 1. The molecule has 106 valence electrons. The number of rotatable bonds is 3. The third-order valence-corrected chi connectivity index (χ3v) is 5.06. The Bertz CT molecular complexity index is 435. The van der Waals surface area contributed by atoms with E-state index in [9.17, 15) is 5.11 Å². The molecule has 2 heteroatoms. The first-order valence-electron chi connectivity index (χ1n) is 7.37. The first-order valence-corrected chi connectivity index (χ1v) is 7.37. The van der Waals surface area contributed by atoms with E-state index in [4.69, 9.17) is 0 Å². The van der Waals surface area contributed by atoms with Gasteiger partial charge in [-0.25, -0.2) is 0 Å². The largest absolute Gasteiger partial charge is 0.388 e. The molecule has 0 radical (unpaired) electrons. The van der Waals surface area contributed by atoms with Crippen LogP contribution in [0.1, 0.15) is 50.2 Å². The van der Waals surface area contributed by atoms with Gasteiger partial charge in [0.25, 0.3) is 0 Å². The second kappa shape index (κ2) is 5.26. The fraction of sp³-hybridized carbons (Fsp3) is 0.647. The Labute approximate surface area is 117 Å². The maximum Gasteiger partial charge on any atom is 0.0869 e. The lowest BCUT2D eigenvalue weighted by Crippen LogP contribution is -2.58. The normalized spacial score (nSPS) is 22.2. The third kappa shape index (κ3) is 2.44. The number of aliphatic hydroxyl groups is 1. The predicted molar refractivity (Wildman–Crippen MR) is 80.3 cm³/mol. The fourth-order valence-corrected chi connectivity index (χ4v) is 3.51. The lowest BCUT2D eigenvalue weighted by Gasteiger charge is -2.51. The maximum atomic E-state index is 11.3. The molecular weight excluding hydrogens is 234 g/mol. The minimum Gasteiger partial charge on any atom is -0.388 e. The predicted octanol–water partition coefficient (Wildman–Crippen LogP) is 3.47. The molecule has 1 fully saturated rings. The van der Waals surface area contributed by atoms with Crippen molar-refractivity contribution in [3.8, 4) is 0 Å². The van der Waals surface area contributed by atoms with Crippen LogP contribution in [0.15, 0.2) is 24.3 Å². The molecule has 0 heterocycles. The minimum absolute atomic E-state index is 0.320. The molecule has 2 rings (SSSR count). The van der Waals surface area contributed by atoms with Gasteiger partial charge in [0.05, 0.1) is 11.1 Å². The van der Waals surface area contributed by atoms with Crippen LogP contribution in [0.25, 0.3) is 0 Å². The summed E-state index contributed by atoms with van der Waals surface area (Å²) in [6, 6.07) is 8.58. The topological polar surface area (TPSA) is 23.5 Å². The van der Waals surface area contributed by atoms with Gasteiger partial charge in [-0.1, -0.05) is 49.1 Å². The molecule has 0 spiro atoms. The summed E-state index contributed by atoms with van der Waals surface area (Å²) in [4.78, 5) is 2.19. The van der Waals surface area contributed by atoms with Crippen molar-refractivity contribution >= 4 is 0 Å². The molecule has 1 aliphatic rings. The molecule has 0 saturated heterocycles. The highest BCUT2D eigenvalue weighted by molar-refractivity contribution is 5.32. The van der Waals surface area contributed by atoms with E-state index in [0.29, 0.717) is 0 Å². The van der Waals surface area contributed by atoms with Crippen molar-refractivity contribution in [2.75, 3.05) is 14.1 Å². The quantitative estimate of drug-likeness (QED) is 0.900. The molecule has 1 aromatic rings. The van der Waals surface area contributed by atoms with Crippen molar-refractivity contribution in [2.45, 2.75) is 57.1 Å². The summed E-state index contributed by atoms with van der Waals surface area (Å²) in [6.07, 6.45) is 5.31. The van der Waals surface area contributed by atoms with Crippen molar-refractivity contribution in [2.24, 2.45) is 0 Å². The van der Waals surface area contributed by atoms with Gasteiger partial charge in [-0.05, 0) is 46.3 Å². The van der Waals surface area contributed by atoms with Gasteiger partial charge in [-0.2, -0.15) is 0 Å². The Balaban J connectivity index is 2.48. The highest BCUT2D eigenvalue weighted by Crippen LogP contribution is 2.45. The van der Waals surface area contributed by atoms with E-state index in [1.165, 1.54) is 17.5 Å². The third-order valence-electron chi connectivity index (χ3n) is 5.06. The van der Waals surface area contributed by atoms with Crippen LogP contribution in [0.5, 0.6) is 0 Å². The van der Waals surface area contributed by atoms with E-state index in [-0.39, 0.29) is 5.54 Å². The first kappa shape index (κ1) is 14.5. The highest BCUT2D eigenvalue weighted by atomic mass is 16.3. The Morgan fingerprint density at radius 1 is 1.16 bits per heavy atom. The van der Waals surface area contributed by atoms with E-state index in [1.54, 1.807) is 0 Å². The Kier molecular flexibility index (Phi) is 4.03. The molecule has 0 amide bonds. The first-order chi connectivity index (χ1) is 8.90. The second-order valence-corrected chi connectivity index (χ2v) is 6.43. The maximum absolute atomic E-state index is 11.3. The van der Waals surface area contributed by atoms with E-state index < -0.39 is 5.60 Å². The zero-order valence-electron chi connectivity index (χ0n) is 12.7. The molecule has 1 aromatic carbocycles. The lowest BCUT2D eigenvalue weighted by molar-refractivity contribution is -0.117. The highest BCUT2D eigenvalue weighted by Gasteiger charge is 2.49. The molecule has 0 aliphatic heterocycles. The van der Waals surface area contributed by atoms with Crippen LogP contribution < -0.4 is 0 Å². The number of aryl methyl sites for hydroxylation is 1. The van der Waals surface area contributed by atoms with Gasteiger partial charge in [0, 0.05) is 0 Å². The number of likely N-dealkylation sites (N-methyl/N-ethyl adjacent to an activating group) is 1. The molecule has 0 aromatic heterocycles. The SMILES string of the molecule is Cc1cccc(C(C)(N(C)C)C2(O)CCCCC2)c1. The Morgan fingerprint density at radius 3 is 2.32 bits per heavy atom. The van der Waals surface area contributed by atoms with Gasteiger partial charge in [0.2, 0.25) is 0 Å². The van der Waals surface area contributed by atoms with Crippen molar-refractivity contribution in [3.63, 3.8) is 0 Å². The summed E-state index contributed by atoms with van der Waals surface area (Å²) in [6.45, 7) is 4.30. The summed E-state index contributed by atoms with van der Waals surface area (Å²) in [5.41, 5.74) is 1.54. The van der Waals surface area contributed by atoms with E-state index >= 15 is 0 Å². The monoisotopic (exact) mass is 261 g/mol. The zero-order chi connectivity index (χ0) is 14.1. The van der Waals surface area contributed by atoms with Crippen LogP contribution in [0.3, 0.4) is 0 Å². The molecule has 0 bridgehead atoms. The van der Waals surface area contributed by atoms with Crippen LogP contribution in [-0.2, 0) is 5.54 Å². The van der Waals surface area contributed by atoms with Crippen LogP contribution in [-0.4, -0.2) is 29.7 Å². The van der Waals surface area contributed by atoms with Gasteiger partial charge in [-0.3, -0.25) is 4.90 Å². The fourth-order valence-electron chi connectivity index (χ4n) is 3.51. The van der Waals surface area contributed by atoms with Crippen molar-refractivity contribution in [1.29, 1.82) is 0 Å². The van der Waals surface area contributed by atoms with Gasteiger partial charge in [0.15, 0.2) is 0 Å². The smallest absolute Gasteiger partial charge is 0.0869 e. The summed E-state index contributed by atoms with van der Waals surface area (Å²) in [7, 11) is 4.16. The van der Waals surface area contributed by atoms with Crippen LogP contribution in [0, 0.1) is 6.92 Å². The van der Waals surface area contributed by atoms with E-state index in [2.05, 4.69) is 57.1 Å². The van der Waals surface area contributed by atoms with Crippen molar-refractivity contribution in [3.05, 3.63) is 35.4 Å². The number of hydrogen-bond donors (Lipinski definition) is 1. The molecule has 19 heavy (non-hydrogen) atoms. The van der Waals surface area contributed by atoms with Crippen molar-refractivity contribution < 1.29 is 5.11 Å². The summed E-state index contributed by atoms with van der Waals surface area (Å²) in [5, 5.41) is 11.3. The standard InChI is InChI=1S/C17H27NO/c1-14-9-8-10-15(13-14)16(2,18(3)4)17(19)11-6-5-7-12-17/h8-10,13,19H,5-7,11-12H2,1-4H3. The van der Waals surface area contributed by atoms with Gasteiger partial charge < -0.3 is 5.11 Å². The van der Waals surface area contributed by atoms with Crippen LogP contribution in [0.2, 0.25) is 0 Å². The lowest BCUT2D eigenvalue weighted by atomic mass is 9.67. The summed E-state index contributed by atoms with van der Waals surface area (Å²) < 4.78 is 0. The summed E-state index contributed by atoms with van der Waals surface area (Å²) >= 11 is 0. The van der Waals surface area contributed by atoms with Crippen LogP contribution in [0.4, 0.5) is 0 Å². The molecule has 1 aliphatic carbocycles. The average molecular weight is 261 g/mol. The second-order valence-electron chi connectivity index (χ2n) is 6.43. The molecule has 1 unspecified atom stereocenters. The molecule has 1 saturated carbocycles. The van der Waals surface area contributed by atoms with Crippen LogP contribution >= 0.6 is 0 Å². The Morgan fingerprint density at radius 2 is 1.79 bits per heavy atom. The van der Waals surface area contributed by atoms with Crippen molar-refractivity contribution in [1.82, 2.24) is 4.90 Å².